The lowest BCUT2D eigenvalue weighted by Gasteiger charge is -2.20. The van der Waals surface area contributed by atoms with Gasteiger partial charge in [0.25, 0.3) is 0 Å². The Morgan fingerprint density at radius 1 is 1.24 bits per heavy atom. The lowest BCUT2D eigenvalue weighted by Crippen LogP contribution is -2.20. The van der Waals surface area contributed by atoms with Crippen LogP contribution in [0.2, 0.25) is 0 Å². The zero-order valence-electron chi connectivity index (χ0n) is 16.0. The summed E-state index contributed by atoms with van der Waals surface area (Å²) in [5, 5.41) is 7.36. The Morgan fingerprint density at radius 2 is 1.88 bits per heavy atom. The number of nitrogens with one attached hydrogen (secondary N) is 2. The summed E-state index contributed by atoms with van der Waals surface area (Å²) in [6.45, 7) is 17.2. The van der Waals surface area contributed by atoms with Crippen LogP contribution in [0.1, 0.15) is 45.2 Å². The fourth-order valence-corrected chi connectivity index (χ4v) is 2.43. The van der Waals surface area contributed by atoms with Crippen molar-refractivity contribution >= 4 is 11.8 Å². The first kappa shape index (κ1) is 20.6. The first-order valence-corrected chi connectivity index (χ1v) is 8.60. The van der Waals surface area contributed by atoms with E-state index in [0.717, 1.165) is 36.2 Å². The van der Waals surface area contributed by atoms with E-state index in [1.165, 1.54) is 11.8 Å². The smallest absolute Gasteiger partial charge is 0.0704 e. The fourth-order valence-electron chi connectivity index (χ4n) is 2.43. The molecule has 0 unspecified atom stereocenters. The molecular weight excluding hydrogens is 308 g/mol. The van der Waals surface area contributed by atoms with Crippen molar-refractivity contribution in [3.05, 3.63) is 66.1 Å². The Labute approximate surface area is 152 Å². The molecule has 0 saturated heterocycles. The van der Waals surface area contributed by atoms with Gasteiger partial charge in [-0.05, 0) is 41.9 Å². The molecule has 0 aliphatic rings. The van der Waals surface area contributed by atoms with Gasteiger partial charge in [0.2, 0.25) is 0 Å². The SMILES string of the molecule is C=CN/N=C\C(N)=C(/C)c1ccc(CCNC(=C)CC(C)(C)C)cc1. The second kappa shape index (κ2) is 9.72. The number of hydrogen-bond acceptors (Lipinski definition) is 4. The molecule has 136 valence electrons. The van der Waals surface area contributed by atoms with Gasteiger partial charge in [0.15, 0.2) is 0 Å². The molecule has 0 radical (unpaired) electrons. The molecule has 1 aromatic rings. The number of hydrogen-bond donors (Lipinski definition) is 3. The van der Waals surface area contributed by atoms with Crippen molar-refractivity contribution in [3.8, 4) is 0 Å². The summed E-state index contributed by atoms with van der Waals surface area (Å²) >= 11 is 0. The van der Waals surface area contributed by atoms with Crippen molar-refractivity contribution in [2.75, 3.05) is 6.54 Å². The third-order valence-corrected chi connectivity index (χ3v) is 3.72. The van der Waals surface area contributed by atoms with Crippen LogP contribution < -0.4 is 16.5 Å². The number of hydrazone groups is 1. The molecule has 0 heterocycles. The van der Waals surface area contributed by atoms with Gasteiger partial charge in [0, 0.05) is 18.4 Å². The Hall–Kier alpha value is -2.49. The van der Waals surface area contributed by atoms with E-state index in [4.69, 9.17) is 5.73 Å². The molecule has 0 amide bonds. The maximum Gasteiger partial charge on any atom is 0.0704 e. The summed E-state index contributed by atoms with van der Waals surface area (Å²) in [4.78, 5) is 0. The van der Waals surface area contributed by atoms with Gasteiger partial charge in [-0.1, -0.05) is 58.2 Å². The predicted molar refractivity (Wildman–Crippen MR) is 110 cm³/mol. The van der Waals surface area contributed by atoms with Crippen LogP contribution in [0.25, 0.3) is 5.57 Å². The number of nitrogens with two attached hydrogens (primary N) is 1. The van der Waals surface area contributed by atoms with Crippen LogP contribution >= 0.6 is 0 Å². The molecule has 0 aromatic heterocycles. The normalized spacial score (nSPS) is 12.6. The Balaban J connectivity index is 2.57. The molecule has 4 nitrogen and oxygen atoms in total. The first-order valence-electron chi connectivity index (χ1n) is 8.60. The molecule has 0 saturated carbocycles. The highest BCUT2D eigenvalue weighted by Crippen LogP contribution is 2.21. The lowest BCUT2D eigenvalue weighted by molar-refractivity contribution is 0.399. The highest BCUT2D eigenvalue weighted by Gasteiger charge is 2.11. The van der Waals surface area contributed by atoms with Crippen LogP contribution in [-0.2, 0) is 6.42 Å². The van der Waals surface area contributed by atoms with Gasteiger partial charge in [0.1, 0.15) is 0 Å². The molecule has 4 N–H and O–H groups in total. The molecule has 0 bridgehead atoms. The van der Waals surface area contributed by atoms with E-state index in [1.807, 2.05) is 6.92 Å². The quantitative estimate of drug-likeness (QED) is 0.467. The summed E-state index contributed by atoms with van der Waals surface area (Å²) in [5.74, 6) is 0. The van der Waals surface area contributed by atoms with E-state index in [0.29, 0.717) is 5.70 Å². The third-order valence-electron chi connectivity index (χ3n) is 3.72. The summed E-state index contributed by atoms with van der Waals surface area (Å²) in [6.07, 6.45) is 5.04. The highest BCUT2D eigenvalue weighted by atomic mass is 15.3. The van der Waals surface area contributed by atoms with Crippen molar-refractivity contribution in [1.29, 1.82) is 0 Å². The largest absolute Gasteiger partial charge is 0.397 e. The molecule has 1 rings (SSSR count). The summed E-state index contributed by atoms with van der Waals surface area (Å²) < 4.78 is 0. The van der Waals surface area contributed by atoms with E-state index in [1.54, 1.807) is 6.21 Å². The molecule has 4 heteroatoms. The van der Waals surface area contributed by atoms with E-state index in [2.05, 4.69) is 74.0 Å². The first-order chi connectivity index (χ1) is 11.7. The standard InChI is InChI=1S/C21H32N4/c1-7-24-25-15-20(22)17(3)19-10-8-18(9-11-19)12-13-23-16(2)14-21(4,5)6/h7-11,15,23-24H,1-2,12-14,22H2,3-6H3/b20-17-,25-15-. The van der Waals surface area contributed by atoms with Crippen molar-refractivity contribution in [2.45, 2.75) is 40.5 Å². The molecule has 1 aromatic carbocycles. The fraction of sp³-hybridized carbons (Fsp3) is 0.381. The number of rotatable bonds is 9. The molecular formula is C21H32N4. The lowest BCUT2D eigenvalue weighted by atomic mass is 9.91. The van der Waals surface area contributed by atoms with E-state index >= 15 is 0 Å². The van der Waals surface area contributed by atoms with E-state index < -0.39 is 0 Å². The molecule has 0 spiro atoms. The number of benzene rings is 1. The third kappa shape index (κ3) is 8.25. The van der Waals surface area contributed by atoms with Crippen LogP contribution in [-0.4, -0.2) is 12.8 Å². The van der Waals surface area contributed by atoms with Crippen LogP contribution in [0.15, 0.2) is 60.1 Å². The van der Waals surface area contributed by atoms with Crippen LogP contribution in [0.5, 0.6) is 0 Å². The summed E-state index contributed by atoms with van der Waals surface area (Å²) in [5.41, 5.74) is 14.0. The van der Waals surface area contributed by atoms with Gasteiger partial charge < -0.3 is 11.1 Å². The summed E-state index contributed by atoms with van der Waals surface area (Å²) in [7, 11) is 0. The Morgan fingerprint density at radius 3 is 2.44 bits per heavy atom. The van der Waals surface area contributed by atoms with Crippen molar-refractivity contribution in [3.63, 3.8) is 0 Å². The zero-order valence-corrected chi connectivity index (χ0v) is 16.0. The minimum atomic E-state index is 0.264. The van der Waals surface area contributed by atoms with Gasteiger partial charge in [-0.25, -0.2) is 0 Å². The maximum atomic E-state index is 6.03. The van der Waals surface area contributed by atoms with Gasteiger partial charge >= 0.3 is 0 Å². The zero-order chi connectivity index (χ0) is 18.9. The number of allylic oxidation sites excluding steroid dienone is 3. The van der Waals surface area contributed by atoms with E-state index in [-0.39, 0.29) is 5.41 Å². The van der Waals surface area contributed by atoms with Gasteiger partial charge in [-0.15, -0.1) is 0 Å². The average molecular weight is 341 g/mol. The Bertz CT molecular complexity index is 631. The van der Waals surface area contributed by atoms with Crippen molar-refractivity contribution < 1.29 is 0 Å². The molecule has 0 aliphatic carbocycles. The van der Waals surface area contributed by atoms with Gasteiger partial charge in [0.05, 0.1) is 11.9 Å². The topological polar surface area (TPSA) is 62.4 Å². The monoisotopic (exact) mass is 340 g/mol. The minimum absolute atomic E-state index is 0.264. The van der Waals surface area contributed by atoms with E-state index in [9.17, 15) is 0 Å². The van der Waals surface area contributed by atoms with Gasteiger partial charge in [-0.3, -0.25) is 5.43 Å². The number of nitrogens with zero attached hydrogens (tertiary/aromatic N) is 1. The minimum Gasteiger partial charge on any atom is -0.397 e. The maximum absolute atomic E-state index is 6.03. The molecule has 0 aliphatic heterocycles. The van der Waals surface area contributed by atoms with Crippen molar-refractivity contribution in [1.82, 2.24) is 10.7 Å². The van der Waals surface area contributed by atoms with Gasteiger partial charge in [-0.2, -0.15) is 5.10 Å². The van der Waals surface area contributed by atoms with Crippen LogP contribution in [0.3, 0.4) is 0 Å². The summed E-state index contributed by atoms with van der Waals surface area (Å²) in [6, 6.07) is 8.46. The molecule has 25 heavy (non-hydrogen) atoms. The predicted octanol–water partition coefficient (Wildman–Crippen LogP) is 4.18. The molecule has 0 fully saturated rings. The Kier molecular flexibility index (Phi) is 7.99. The van der Waals surface area contributed by atoms with Crippen LogP contribution in [0, 0.1) is 5.41 Å². The second-order valence-corrected chi connectivity index (χ2v) is 7.39. The second-order valence-electron chi connectivity index (χ2n) is 7.39. The van der Waals surface area contributed by atoms with Crippen molar-refractivity contribution in [2.24, 2.45) is 16.3 Å². The molecule has 0 atom stereocenters. The van der Waals surface area contributed by atoms with Crippen LogP contribution in [0.4, 0.5) is 0 Å². The average Bonchev–Trinajstić information content (AvgIpc) is 2.53. The highest BCUT2D eigenvalue weighted by molar-refractivity contribution is 5.89.